The zero-order chi connectivity index (χ0) is 26.3. The maximum atomic E-state index is 13.0. The van der Waals surface area contributed by atoms with Crippen LogP contribution in [0.15, 0.2) is 39.5 Å². The molecule has 0 unspecified atom stereocenters. The van der Waals surface area contributed by atoms with Gasteiger partial charge >= 0.3 is 5.97 Å². The van der Waals surface area contributed by atoms with Gasteiger partial charge in [0.15, 0.2) is 22.5 Å². The van der Waals surface area contributed by atoms with Crippen LogP contribution >= 0.6 is 0 Å². The molecule has 12 heteroatoms. The van der Waals surface area contributed by atoms with Gasteiger partial charge < -0.3 is 49.3 Å². The van der Waals surface area contributed by atoms with Crippen molar-refractivity contribution in [2.75, 3.05) is 13.7 Å². The Hall–Kier alpha value is -3.84. The van der Waals surface area contributed by atoms with E-state index in [9.17, 15) is 40.2 Å². The minimum absolute atomic E-state index is 0.0422. The Bertz CT molecular complexity index is 1360. The molecule has 0 radical (unpaired) electrons. The van der Waals surface area contributed by atoms with Gasteiger partial charge in [0.25, 0.3) is 0 Å². The first-order valence-electron chi connectivity index (χ1n) is 10.8. The number of phenolic OH excluding ortho intramolecular Hbond substituents is 3. The molecule has 6 N–H and O–H groups in total. The molecule has 2 heterocycles. The van der Waals surface area contributed by atoms with Gasteiger partial charge in [0.1, 0.15) is 59.8 Å². The van der Waals surface area contributed by atoms with Gasteiger partial charge in [0, 0.05) is 24.6 Å². The number of benzene rings is 2. The molecule has 1 aliphatic heterocycles. The molecule has 192 valence electrons. The Morgan fingerprint density at radius 2 is 1.69 bits per heavy atom. The number of hydrogen-bond donors (Lipinski definition) is 6. The summed E-state index contributed by atoms with van der Waals surface area (Å²) in [6, 6.07) is 6.07. The van der Waals surface area contributed by atoms with E-state index in [1.807, 2.05) is 0 Å². The van der Waals surface area contributed by atoms with Crippen molar-refractivity contribution in [1.29, 1.82) is 0 Å². The van der Waals surface area contributed by atoms with Crippen LogP contribution < -0.4 is 10.2 Å². The van der Waals surface area contributed by atoms with E-state index in [1.165, 1.54) is 25.3 Å². The SMILES string of the molecule is COc1cc(-c2cc(=O)c3c(O)cc(O)c([C@@H]4O[C@@H](COC(C)=O)[C@@H](O)[C@H](O)[C@H]4O)c3o2)ccc1O. The summed E-state index contributed by atoms with van der Waals surface area (Å²) in [7, 11) is 1.33. The standard InChI is InChI=1S/C24H24O12/c1-9(25)34-8-17-20(30)21(31)22(32)24(36-17)19-13(28)6-12(27)18-14(29)7-15(35-23(18)19)10-3-4-11(26)16(5-10)33-2/h3-7,17,20-22,24,26-28,30-32H,8H2,1-2H3/t17-,20+,21-,22+,24-/m0/s1. The summed E-state index contributed by atoms with van der Waals surface area (Å²) in [5, 5.41) is 62.0. The fourth-order valence-corrected chi connectivity index (χ4v) is 4.10. The van der Waals surface area contributed by atoms with Crippen LogP contribution in [0.25, 0.3) is 22.3 Å². The Kier molecular flexibility index (Phi) is 6.78. The van der Waals surface area contributed by atoms with Crippen LogP contribution in [0.2, 0.25) is 0 Å². The van der Waals surface area contributed by atoms with Crippen molar-refractivity contribution in [2.45, 2.75) is 37.4 Å². The largest absolute Gasteiger partial charge is 0.507 e. The summed E-state index contributed by atoms with van der Waals surface area (Å²) in [4.78, 5) is 24.2. The molecule has 1 fully saturated rings. The van der Waals surface area contributed by atoms with Gasteiger partial charge in [-0.25, -0.2) is 0 Å². The molecule has 1 saturated heterocycles. The van der Waals surface area contributed by atoms with Gasteiger partial charge in [-0.3, -0.25) is 9.59 Å². The third-order valence-electron chi connectivity index (χ3n) is 5.91. The minimum Gasteiger partial charge on any atom is -0.507 e. The fraction of sp³-hybridized carbons (Fsp3) is 0.333. The van der Waals surface area contributed by atoms with Gasteiger partial charge in [0.2, 0.25) is 0 Å². The first-order chi connectivity index (χ1) is 17.0. The van der Waals surface area contributed by atoms with E-state index < -0.39 is 60.0 Å². The monoisotopic (exact) mass is 504 g/mol. The fourth-order valence-electron chi connectivity index (χ4n) is 4.10. The van der Waals surface area contributed by atoms with E-state index in [-0.39, 0.29) is 33.8 Å². The maximum Gasteiger partial charge on any atom is 0.302 e. The number of carbonyl (C=O) groups excluding carboxylic acids is 1. The van der Waals surface area contributed by atoms with Gasteiger partial charge in [0.05, 0.1) is 12.7 Å². The third kappa shape index (κ3) is 4.42. The first-order valence-corrected chi connectivity index (χ1v) is 10.8. The Balaban J connectivity index is 1.90. The Morgan fingerprint density at radius 3 is 2.36 bits per heavy atom. The number of ether oxygens (including phenoxy) is 3. The molecule has 3 aromatic rings. The van der Waals surface area contributed by atoms with Crippen molar-refractivity contribution >= 4 is 16.9 Å². The van der Waals surface area contributed by atoms with Crippen molar-refractivity contribution in [3.05, 3.63) is 46.1 Å². The molecule has 0 spiro atoms. The van der Waals surface area contributed by atoms with E-state index in [0.717, 1.165) is 19.1 Å². The second-order valence-electron chi connectivity index (χ2n) is 8.26. The molecule has 0 bridgehead atoms. The van der Waals surface area contributed by atoms with Crippen molar-refractivity contribution < 1.29 is 54.1 Å². The summed E-state index contributed by atoms with van der Waals surface area (Å²) in [5.41, 5.74) is -1.06. The molecule has 36 heavy (non-hydrogen) atoms. The summed E-state index contributed by atoms with van der Waals surface area (Å²) in [5.74, 6) is -2.05. The zero-order valence-corrected chi connectivity index (χ0v) is 19.1. The minimum atomic E-state index is -1.81. The number of carbonyl (C=O) groups is 1. The molecule has 4 rings (SSSR count). The van der Waals surface area contributed by atoms with Crippen molar-refractivity contribution in [3.63, 3.8) is 0 Å². The van der Waals surface area contributed by atoms with E-state index in [4.69, 9.17) is 18.6 Å². The summed E-state index contributed by atoms with van der Waals surface area (Å²) in [6.07, 6.45) is -8.12. The molecule has 2 aromatic carbocycles. The maximum absolute atomic E-state index is 13.0. The lowest BCUT2D eigenvalue weighted by Crippen LogP contribution is -2.55. The summed E-state index contributed by atoms with van der Waals surface area (Å²) < 4.78 is 21.5. The van der Waals surface area contributed by atoms with Gasteiger partial charge in [-0.05, 0) is 18.2 Å². The molecule has 0 aliphatic carbocycles. The average molecular weight is 504 g/mol. The molecule has 0 saturated carbocycles. The molecule has 0 amide bonds. The normalized spacial score (nSPS) is 24.0. The summed E-state index contributed by atoms with van der Waals surface area (Å²) in [6.45, 7) is 0.655. The lowest BCUT2D eigenvalue weighted by Gasteiger charge is -2.40. The molecule has 1 aromatic heterocycles. The van der Waals surface area contributed by atoms with E-state index in [0.29, 0.717) is 5.56 Å². The quantitative estimate of drug-likeness (QED) is 0.266. The lowest BCUT2D eigenvalue weighted by atomic mass is 9.89. The number of esters is 1. The van der Waals surface area contributed by atoms with Crippen LogP contribution in [-0.2, 0) is 14.3 Å². The van der Waals surface area contributed by atoms with Crippen LogP contribution in [0.5, 0.6) is 23.0 Å². The Morgan fingerprint density at radius 1 is 0.972 bits per heavy atom. The number of methoxy groups -OCH3 is 1. The van der Waals surface area contributed by atoms with E-state index in [1.54, 1.807) is 0 Å². The van der Waals surface area contributed by atoms with Crippen LogP contribution in [0, 0.1) is 0 Å². The van der Waals surface area contributed by atoms with Crippen LogP contribution in [0.4, 0.5) is 0 Å². The highest BCUT2D eigenvalue weighted by molar-refractivity contribution is 5.89. The second-order valence-corrected chi connectivity index (χ2v) is 8.26. The number of phenols is 3. The first kappa shape index (κ1) is 25.3. The van der Waals surface area contributed by atoms with Crippen LogP contribution in [-0.4, -0.2) is 74.7 Å². The number of rotatable bonds is 5. The second kappa shape index (κ2) is 9.66. The predicted molar refractivity (Wildman–Crippen MR) is 122 cm³/mol. The average Bonchev–Trinajstić information content (AvgIpc) is 2.82. The number of aliphatic hydroxyl groups is 3. The molecular formula is C24H24O12. The topological polar surface area (TPSA) is 196 Å². The summed E-state index contributed by atoms with van der Waals surface area (Å²) >= 11 is 0. The molecular weight excluding hydrogens is 480 g/mol. The predicted octanol–water partition coefficient (Wildman–Crippen LogP) is 0.671. The highest BCUT2D eigenvalue weighted by Gasteiger charge is 2.46. The van der Waals surface area contributed by atoms with Gasteiger partial charge in [-0.15, -0.1) is 0 Å². The van der Waals surface area contributed by atoms with Crippen molar-refractivity contribution in [2.24, 2.45) is 0 Å². The molecule has 5 atom stereocenters. The van der Waals surface area contributed by atoms with E-state index in [2.05, 4.69) is 0 Å². The van der Waals surface area contributed by atoms with Gasteiger partial charge in [-0.2, -0.15) is 0 Å². The van der Waals surface area contributed by atoms with Crippen molar-refractivity contribution in [3.8, 4) is 34.3 Å². The number of aliphatic hydroxyl groups excluding tert-OH is 3. The highest BCUT2D eigenvalue weighted by atomic mass is 16.6. The highest BCUT2D eigenvalue weighted by Crippen LogP contribution is 2.44. The van der Waals surface area contributed by atoms with Crippen LogP contribution in [0.1, 0.15) is 18.6 Å². The van der Waals surface area contributed by atoms with Crippen molar-refractivity contribution in [1.82, 2.24) is 0 Å². The number of hydrogen-bond acceptors (Lipinski definition) is 12. The van der Waals surface area contributed by atoms with Gasteiger partial charge in [-0.1, -0.05) is 0 Å². The zero-order valence-electron chi connectivity index (χ0n) is 19.1. The van der Waals surface area contributed by atoms with E-state index >= 15 is 0 Å². The molecule has 12 nitrogen and oxygen atoms in total. The van der Waals surface area contributed by atoms with Crippen LogP contribution in [0.3, 0.4) is 0 Å². The smallest absolute Gasteiger partial charge is 0.302 e. The Labute approximate surface area is 203 Å². The third-order valence-corrected chi connectivity index (χ3v) is 5.91. The number of fused-ring (bicyclic) bond motifs is 1. The lowest BCUT2D eigenvalue weighted by molar-refractivity contribution is -0.234. The molecule has 1 aliphatic rings. The number of aromatic hydroxyl groups is 3.